The van der Waals surface area contributed by atoms with E-state index in [-0.39, 0.29) is 12.8 Å². The Morgan fingerprint density at radius 3 is 1.42 bits per heavy atom. The number of hydrogen-bond acceptors (Lipinski definition) is 4. The third kappa shape index (κ3) is 5.31. The van der Waals surface area contributed by atoms with Gasteiger partial charge in [0.05, 0.1) is 28.7 Å². The monoisotopic (exact) mass is 420 g/mol. The quantitative estimate of drug-likeness (QED) is 0.410. The topological polar surface area (TPSA) is 51.6 Å². The fourth-order valence-corrected chi connectivity index (χ4v) is 3.31. The molecule has 0 spiro atoms. The minimum absolute atomic E-state index is 0.236. The van der Waals surface area contributed by atoms with E-state index in [4.69, 9.17) is 0 Å². The second-order valence-electron chi connectivity index (χ2n) is 7.11. The Balaban J connectivity index is 1.57. The maximum atomic E-state index is 13.9. The van der Waals surface area contributed by atoms with E-state index in [1.54, 1.807) is 73.1 Å². The lowest BCUT2D eigenvalue weighted by atomic mass is 9.96. The molecule has 0 amide bonds. The Morgan fingerprint density at radius 2 is 1.03 bits per heavy atom. The molecular weight excluding hydrogens is 401 g/mol. The van der Waals surface area contributed by atoms with Gasteiger partial charge in [0.25, 0.3) is 0 Å². The Morgan fingerprint density at radius 1 is 0.581 bits per heavy atom. The summed E-state index contributed by atoms with van der Waals surface area (Å²) in [6, 6.07) is 20.9. The highest BCUT2D eigenvalue weighted by atomic mass is 19.4. The Bertz CT molecular complexity index is 1050. The summed E-state index contributed by atoms with van der Waals surface area (Å²) in [4.78, 5) is 17.3. The van der Waals surface area contributed by atoms with E-state index in [9.17, 15) is 13.2 Å². The first-order chi connectivity index (χ1) is 15.0. The highest BCUT2D eigenvalue weighted by Gasteiger charge is 2.40. The molecule has 0 aromatic carbocycles. The van der Waals surface area contributed by atoms with Gasteiger partial charge in [-0.15, -0.1) is 0 Å². The molecule has 0 aliphatic heterocycles. The van der Waals surface area contributed by atoms with Crippen molar-refractivity contribution in [3.8, 4) is 22.8 Å². The van der Waals surface area contributed by atoms with Crippen molar-refractivity contribution in [3.05, 3.63) is 96.6 Å². The molecule has 0 saturated heterocycles. The van der Waals surface area contributed by atoms with Crippen LogP contribution in [0.2, 0.25) is 0 Å². The van der Waals surface area contributed by atoms with Crippen molar-refractivity contribution in [2.75, 3.05) is 0 Å². The fourth-order valence-electron chi connectivity index (χ4n) is 3.31. The van der Waals surface area contributed by atoms with Crippen LogP contribution in [-0.4, -0.2) is 26.1 Å². The second-order valence-corrected chi connectivity index (χ2v) is 7.11. The molecule has 4 aromatic heterocycles. The zero-order chi connectivity index (χ0) is 21.7. The predicted octanol–water partition coefficient (Wildman–Crippen LogP) is 5.56. The molecule has 4 rings (SSSR count). The first-order valence-corrected chi connectivity index (χ1v) is 9.80. The molecule has 31 heavy (non-hydrogen) atoms. The third-order valence-electron chi connectivity index (χ3n) is 4.84. The van der Waals surface area contributed by atoms with Gasteiger partial charge >= 0.3 is 6.18 Å². The van der Waals surface area contributed by atoms with Crippen LogP contribution < -0.4 is 0 Å². The molecule has 0 bridgehead atoms. The molecule has 0 atom stereocenters. The maximum Gasteiger partial charge on any atom is 0.392 e. The molecule has 4 heterocycles. The van der Waals surface area contributed by atoms with Crippen LogP contribution in [0.1, 0.15) is 11.4 Å². The van der Waals surface area contributed by atoms with Gasteiger partial charge in [-0.25, -0.2) is 0 Å². The van der Waals surface area contributed by atoms with Crippen LogP contribution in [0, 0.1) is 5.92 Å². The van der Waals surface area contributed by atoms with Crippen LogP contribution in [0.25, 0.3) is 22.8 Å². The van der Waals surface area contributed by atoms with Crippen molar-refractivity contribution >= 4 is 0 Å². The summed E-state index contributed by atoms with van der Waals surface area (Å²) >= 11 is 0. The SMILES string of the molecule is FC(F)(F)C(Cc1cccc(-c2ccccn2)n1)Cc1cccc(-c2ccccn2)n1. The number of rotatable bonds is 6. The molecule has 7 heteroatoms. The zero-order valence-electron chi connectivity index (χ0n) is 16.5. The van der Waals surface area contributed by atoms with Crippen LogP contribution in [0.5, 0.6) is 0 Å². The van der Waals surface area contributed by atoms with Crippen molar-refractivity contribution in [3.63, 3.8) is 0 Å². The van der Waals surface area contributed by atoms with E-state index in [2.05, 4.69) is 19.9 Å². The molecule has 0 unspecified atom stereocenters. The van der Waals surface area contributed by atoms with E-state index in [1.165, 1.54) is 0 Å². The largest absolute Gasteiger partial charge is 0.392 e. The normalized spacial score (nSPS) is 11.6. The Kier molecular flexibility index (Phi) is 6.02. The summed E-state index contributed by atoms with van der Waals surface area (Å²) < 4.78 is 41.6. The molecule has 0 aliphatic rings. The smallest absolute Gasteiger partial charge is 0.255 e. The van der Waals surface area contributed by atoms with Crippen molar-refractivity contribution in [1.29, 1.82) is 0 Å². The van der Waals surface area contributed by atoms with Gasteiger partial charge in [0.1, 0.15) is 0 Å². The summed E-state index contributed by atoms with van der Waals surface area (Å²) in [7, 11) is 0. The summed E-state index contributed by atoms with van der Waals surface area (Å²) in [5.74, 6) is -1.61. The van der Waals surface area contributed by atoms with E-state index in [0.717, 1.165) is 0 Å². The van der Waals surface area contributed by atoms with Gasteiger partial charge in [0.2, 0.25) is 0 Å². The number of nitrogens with zero attached hydrogens (tertiary/aromatic N) is 4. The number of pyridine rings is 4. The Hall–Kier alpha value is -3.61. The predicted molar refractivity (Wildman–Crippen MR) is 112 cm³/mol. The third-order valence-corrected chi connectivity index (χ3v) is 4.84. The number of aromatic nitrogens is 4. The summed E-state index contributed by atoms with van der Waals surface area (Å²) in [5.41, 5.74) is 3.08. The number of halogens is 3. The molecule has 0 saturated carbocycles. The first kappa shape index (κ1) is 20.7. The highest BCUT2D eigenvalue weighted by molar-refractivity contribution is 5.54. The minimum atomic E-state index is -4.38. The van der Waals surface area contributed by atoms with Crippen LogP contribution in [0.3, 0.4) is 0 Å². The van der Waals surface area contributed by atoms with Gasteiger partial charge in [-0.05, 0) is 48.5 Å². The van der Waals surface area contributed by atoms with Crippen LogP contribution in [0.4, 0.5) is 13.2 Å². The average molecular weight is 420 g/mol. The average Bonchev–Trinajstić information content (AvgIpc) is 2.80. The van der Waals surface area contributed by atoms with Gasteiger partial charge < -0.3 is 0 Å². The molecule has 4 nitrogen and oxygen atoms in total. The van der Waals surface area contributed by atoms with Crippen LogP contribution in [-0.2, 0) is 12.8 Å². The van der Waals surface area contributed by atoms with E-state index in [1.807, 2.05) is 12.1 Å². The number of alkyl halides is 3. The summed E-state index contributed by atoms with van der Waals surface area (Å²) in [6.07, 6.45) is -1.60. The first-order valence-electron chi connectivity index (χ1n) is 9.80. The highest BCUT2D eigenvalue weighted by Crippen LogP contribution is 2.32. The molecule has 0 N–H and O–H groups in total. The van der Waals surface area contributed by atoms with E-state index < -0.39 is 12.1 Å². The van der Waals surface area contributed by atoms with Crippen molar-refractivity contribution in [2.45, 2.75) is 19.0 Å². The van der Waals surface area contributed by atoms with Gasteiger partial charge in [0.15, 0.2) is 0 Å². The lowest BCUT2D eigenvalue weighted by Crippen LogP contribution is -2.28. The van der Waals surface area contributed by atoms with Gasteiger partial charge in [0, 0.05) is 36.6 Å². The lowest BCUT2D eigenvalue weighted by molar-refractivity contribution is -0.174. The van der Waals surface area contributed by atoms with E-state index >= 15 is 0 Å². The number of hydrogen-bond donors (Lipinski definition) is 0. The van der Waals surface area contributed by atoms with E-state index in [0.29, 0.717) is 34.2 Å². The van der Waals surface area contributed by atoms with Crippen molar-refractivity contribution in [1.82, 2.24) is 19.9 Å². The zero-order valence-corrected chi connectivity index (χ0v) is 16.5. The van der Waals surface area contributed by atoms with Gasteiger partial charge in [-0.3, -0.25) is 19.9 Å². The fraction of sp³-hybridized carbons (Fsp3) is 0.167. The molecular formula is C24H19F3N4. The van der Waals surface area contributed by atoms with Crippen LogP contribution >= 0.6 is 0 Å². The van der Waals surface area contributed by atoms with Crippen LogP contribution in [0.15, 0.2) is 85.2 Å². The molecule has 0 aliphatic carbocycles. The molecule has 0 fully saturated rings. The molecule has 0 radical (unpaired) electrons. The minimum Gasteiger partial charge on any atom is -0.255 e. The summed E-state index contributed by atoms with van der Waals surface area (Å²) in [5, 5.41) is 0. The summed E-state index contributed by atoms with van der Waals surface area (Å²) in [6.45, 7) is 0. The van der Waals surface area contributed by atoms with Crippen molar-refractivity contribution < 1.29 is 13.2 Å². The van der Waals surface area contributed by atoms with Gasteiger partial charge in [-0.1, -0.05) is 24.3 Å². The molecule has 156 valence electrons. The second kappa shape index (κ2) is 9.04. The maximum absolute atomic E-state index is 13.9. The lowest BCUT2D eigenvalue weighted by Gasteiger charge is -2.20. The molecule has 4 aromatic rings. The standard InChI is InChI=1S/C24H19F3N4/c25-24(26,27)17(15-18-7-5-11-22(30-18)20-9-1-3-13-28-20)16-19-8-6-12-23(31-19)21-10-2-4-14-29-21/h1-14,17H,15-16H2. The Labute approximate surface area is 177 Å². The van der Waals surface area contributed by atoms with Crippen molar-refractivity contribution in [2.24, 2.45) is 5.92 Å². The van der Waals surface area contributed by atoms with Gasteiger partial charge in [-0.2, -0.15) is 13.2 Å².